The van der Waals surface area contributed by atoms with Gasteiger partial charge in [0.15, 0.2) is 5.82 Å². The molecule has 2 aromatic rings. The van der Waals surface area contributed by atoms with E-state index in [0.29, 0.717) is 23.8 Å². The molecule has 3 heterocycles. The molecule has 2 fully saturated rings. The molecule has 0 N–H and O–H groups in total. The van der Waals surface area contributed by atoms with Crippen molar-refractivity contribution in [2.24, 2.45) is 5.92 Å². The fourth-order valence-corrected chi connectivity index (χ4v) is 3.12. The molecule has 0 aromatic carbocycles. The summed E-state index contributed by atoms with van der Waals surface area (Å²) in [6.07, 6.45) is 10.2. The lowest BCUT2D eigenvalue weighted by Crippen LogP contribution is -2.32. The van der Waals surface area contributed by atoms with Crippen LogP contribution in [-0.4, -0.2) is 32.4 Å². The second-order valence-corrected chi connectivity index (χ2v) is 6.36. The lowest BCUT2D eigenvalue weighted by molar-refractivity contribution is 0.494. The summed E-state index contributed by atoms with van der Waals surface area (Å²) in [4.78, 5) is 18.9. The number of anilines is 1. The normalized spacial score (nSPS) is 20.7. The summed E-state index contributed by atoms with van der Waals surface area (Å²) >= 11 is 0. The van der Waals surface area contributed by atoms with Gasteiger partial charge >= 0.3 is 0 Å². The average molecular weight is 310 g/mol. The van der Waals surface area contributed by atoms with Crippen molar-refractivity contribution in [2.45, 2.75) is 31.8 Å². The van der Waals surface area contributed by atoms with E-state index in [1.807, 2.05) is 9.58 Å². The van der Waals surface area contributed by atoms with E-state index in [-0.39, 0.29) is 11.6 Å². The number of aromatic nitrogens is 4. The minimum Gasteiger partial charge on any atom is -0.350 e. The number of hydrogen-bond acceptors (Lipinski definition) is 5. The molecule has 1 aliphatic heterocycles. The van der Waals surface area contributed by atoms with Crippen molar-refractivity contribution in [2.75, 3.05) is 18.0 Å². The van der Waals surface area contributed by atoms with E-state index < -0.39 is 0 Å². The highest BCUT2D eigenvalue weighted by atomic mass is 16.1. The number of nitrogens with zero attached hydrogens (tertiary/aromatic N) is 6. The smallest absolute Gasteiger partial charge is 0.293 e. The van der Waals surface area contributed by atoms with Gasteiger partial charge in [-0.05, 0) is 25.2 Å². The Morgan fingerprint density at radius 2 is 2.22 bits per heavy atom. The first-order chi connectivity index (χ1) is 11.2. The summed E-state index contributed by atoms with van der Waals surface area (Å²) in [5.41, 5.74) is 0.561. The van der Waals surface area contributed by atoms with Crippen molar-refractivity contribution in [1.29, 1.82) is 5.26 Å². The standard InChI is InChI=1S/C16H18N6O/c17-7-13-8-19-22(10-13)14-3-5-20(11-14)15-16(23)21(6-4-18-15)9-12-1-2-12/h4,6,8,10,12,14H,1-3,5,9,11H2. The Kier molecular flexibility index (Phi) is 3.37. The predicted octanol–water partition coefficient (Wildman–Crippen LogP) is 1.17. The summed E-state index contributed by atoms with van der Waals surface area (Å²) in [5.74, 6) is 1.19. The highest BCUT2D eigenvalue weighted by molar-refractivity contribution is 5.37. The number of hydrogen-bond donors (Lipinski definition) is 0. The van der Waals surface area contributed by atoms with Crippen molar-refractivity contribution in [3.63, 3.8) is 0 Å². The molecule has 0 radical (unpaired) electrons. The van der Waals surface area contributed by atoms with Gasteiger partial charge in [0.05, 0.1) is 17.8 Å². The summed E-state index contributed by atoms with van der Waals surface area (Å²) in [5, 5.41) is 13.1. The van der Waals surface area contributed by atoms with Gasteiger partial charge in [0.1, 0.15) is 6.07 Å². The topological polar surface area (TPSA) is 79.7 Å². The summed E-state index contributed by atoms with van der Waals surface area (Å²) < 4.78 is 3.61. The second kappa shape index (κ2) is 5.54. The van der Waals surface area contributed by atoms with Gasteiger partial charge in [0.25, 0.3) is 5.56 Å². The monoisotopic (exact) mass is 310 g/mol. The van der Waals surface area contributed by atoms with Crippen LogP contribution in [0.25, 0.3) is 0 Å². The van der Waals surface area contributed by atoms with Crippen molar-refractivity contribution >= 4 is 5.82 Å². The Morgan fingerprint density at radius 1 is 1.35 bits per heavy atom. The lowest BCUT2D eigenvalue weighted by Gasteiger charge is -2.18. The van der Waals surface area contributed by atoms with Crippen molar-refractivity contribution < 1.29 is 0 Å². The van der Waals surface area contributed by atoms with Crippen LogP contribution in [0.3, 0.4) is 0 Å². The maximum atomic E-state index is 12.6. The van der Waals surface area contributed by atoms with Crippen LogP contribution in [0.4, 0.5) is 5.82 Å². The molecule has 1 atom stereocenters. The molecule has 2 aromatic heterocycles. The fourth-order valence-electron chi connectivity index (χ4n) is 3.12. The Labute approximate surface area is 133 Å². The molecule has 0 spiro atoms. The number of nitriles is 1. The largest absolute Gasteiger partial charge is 0.350 e. The average Bonchev–Trinajstić information content (AvgIpc) is 3.05. The molecule has 4 rings (SSSR count). The van der Waals surface area contributed by atoms with Crippen molar-refractivity contribution in [1.82, 2.24) is 19.3 Å². The first kappa shape index (κ1) is 14.0. The van der Waals surface area contributed by atoms with Crippen molar-refractivity contribution in [3.05, 3.63) is 40.7 Å². The number of rotatable bonds is 4. The maximum absolute atomic E-state index is 12.6. The summed E-state index contributed by atoms with van der Waals surface area (Å²) in [6, 6.07) is 2.27. The fraction of sp³-hybridized carbons (Fsp3) is 0.500. The predicted molar refractivity (Wildman–Crippen MR) is 84.0 cm³/mol. The van der Waals surface area contributed by atoms with E-state index in [1.165, 1.54) is 12.8 Å². The van der Waals surface area contributed by atoms with Gasteiger partial charge < -0.3 is 9.47 Å². The van der Waals surface area contributed by atoms with Gasteiger partial charge in [-0.25, -0.2) is 4.98 Å². The molecule has 7 nitrogen and oxygen atoms in total. The SMILES string of the molecule is N#Cc1cnn(C2CCN(c3nccn(CC4CC4)c3=O)C2)c1. The molecule has 1 unspecified atom stereocenters. The quantitative estimate of drug-likeness (QED) is 0.847. The highest BCUT2D eigenvalue weighted by Gasteiger charge is 2.28. The van der Waals surface area contributed by atoms with Gasteiger partial charge in [-0.2, -0.15) is 10.4 Å². The van der Waals surface area contributed by atoms with Crippen LogP contribution in [0.5, 0.6) is 0 Å². The summed E-state index contributed by atoms with van der Waals surface area (Å²) in [6.45, 7) is 2.28. The van der Waals surface area contributed by atoms with Gasteiger partial charge in [-0.3, -0.25) is 9.48 Å². The Bertz CT molecular complexity index is 812. The van der Waals surface area contributed by atoms with E-state index >= 15 is 0 Å². The highest BCUT2D eigenvalue weighted by Crippen LogP contribution is 2.30. The third kappa shape index (κ3) is 2.72. The zero-order valence-electron chi connectivity index (χ0n) is 12.8. The summed E-state index contributed by atoms with van der Waals surface area (Å²) in [7, 11) is 0. The minimum absolute atomic E-state index is 0.00164. The maximum Gasteiger partial charge on any atom is 0.293 e. The van der Waals surface area contributed by atoms with Crippen molar-refractivity contribution in [3.8, 4) is 6.07 Å². The Hall–Kier alpha value is -2.62. The molecule has 23 heavy (non-hydrogen) atoms. The molecule has 1 aliphatic carbocycles. The zero-order valence-corrected chi connectivity index (χ0v) is 12.8. The molecule has 7 heteroatoms. The first-order valence-electron chi connectivity index (χ1n) is 7.99. The van der Waals surface area contributed by atoms with E-state index in [4.69, 9.17) is 5.26 Å². The van der Waals surface area contributed by atoms with E-state index in [9.17, 15) is 4.79 Å². The third-order valence-electron chi connectivity index (χ3n) is 4.62. The molecule has 0 amide bonds. The lowest BCUT2D eigenvalue weighted by atomic mass is 10.3. The van der Waals surface area contributed by atoms with Crippen LogP contribution in [0, 0.1) is 17.2 Å². The van der Waals surface area contributed by atoms with Crippen LogP contribution in [0.15, 0.2) is 29.6 Å². The van der Waals surface area contributed by atoms with Crippen LogP contribution < -0.4 is 10.5 Å². The van der Waals surface area contributed by atoms with Gasteiger partial charge in [-0.15, -0.1) is 0 Å². The molecular formula is C16H18N6O. The van der Waals surface area contributed by atoms with E-state index in [0.717, 1.165) is 19.5 Å². The molecule has 118 valence electrons. The zero-order chi connectivity index (χ0) is 15.8. The van der Waals surface area contributed by atoms with Gasteiger partial charge in [-0.1, -0.05) is 0 Å². The van der Waals surface area contributed by atoms with Crippen LogP contribution >= 0.6 is 0 Å². The molecule has 2 aliphatic rings. The van der Waals surface area contributed by atoms with E-state index in [1.54, 1.807) is 29.4 Å². The van der Waals surface area contributed by atoms with Gasteiger partial charge in [0, 0.05) is 38.2 Å². The Balaban J connectivity index is 1.53. The minimum atomic E-state index is -0.00164. The molecule has 1 saturated carbocycles. The first-order valence-corrected chi connectivity index (χ1v) is 7.99. The molecule has 1 saturated heterocycles. The van der Waals surface area contributed by atoms with Crippen LogP contribution in [-0.2, 0) is 6.54 Å². The molecule has 0 bridgehead atoms. The molecular weight excluding hydrogens is 292 g/mol. The van der Waals surface area contributed by atoms with Gasteiger partial charge in [0.2, 0.25) is 0 Å². The third-order valence-corrected chi connectivity index (χ3v) is 4.62. The van der Waals surface area contributed by atoms with Crippen LogP contribution in [0.1, 0.15) is 30.9 Å². The van der Waals surface area contributed by atoms with E-state index in [2.05, 4.69) is 16.2 Å². The van der Waals surface area contributed by atoms with Crippen LogP contribution in [0.2, 0.25) is 0 Å². The second-order valence-electron chi connectivity index (χ2n) is 6.36. The Morgan fingerprint density at radius 3 is 2.96 bits per heavy atom.